The van der Waals surface area contributed by atoms with Gasteiger partial charge in [0.05, 0.1) is 0 Å². The number of hydrogen-bond acceptors (Lipinski definition) is 3. The Morgan fingerprint density at radius 3 is 2.72 bits per heavy atom. The van der Waals surface area contributed by atoms with Crippen molar-refractivity contribution in [3.63, 3.8) is 0 Å². The number of aromatic nitrogens is 3. The Morgan fingerprint density at radius 1 is 1.39 bits per heavy atom. The Bertz CT molecular complexity index is 535. The Kier molecular flexibility index (Phi) is 2.95. The lowest BCUT2D eigenvalue weighted by Gasteiger charge is -2.10. The predicted molar refractivity (Wildman–Crippen MR) is 71.0 cm³/mol. The molecule has 1 N–H and O–H groups in total. The smallest absolute Gasteiger partial charge is 0.154 e. The summed E-state index contributed by atoms with van der Waals surface area (Å²) in [4.78, 5) is 0. The predicted octanol–water partition coefficient (Wildman–Crippen LogP) is 2.41. The number of aliphatic hydroxyl groups is 1. The molecule has 3 atom stereocenters. The highest BCUT2D eigenvalue weighted by molar-refractivity contribution is 9.10. The van der Waals surface area contributed by atoms with Crippen LogP contribution in [-0.2, 0) is 7.05 Å². The van der Waals surface area contributed by atoms with Crippen LogP contribution in [0.2, 0.25) is 0 Å². The third-order valence-corrected chi connectivity index (χ3v) is 4.14. The van der Waals surface area contributed by atoms with Crippen LogP contribution in [0.15, 0.2) is 34.9 Å². The summed E-state index contributed by atoms with van der Waals surface area (Å²) in [6, 6.07) is 10.3. The lowest BCUT2D eigenvalue weighted by atomic mass is 10.1. The average molecular weight is 308 g/mol. The number of aliphatic hydroxyl groups excluding tert-OH is 1. The van der Waals surface area contributed by atoms with E-state index in [-0.39, 0.29) is 5.92 Å². The molecule has 0 amide bonds. The first kappa shape index (κ1) is 11.9. The minimum absolute atomic E-state index is 0.265. The summed E-state index contributed by atoms with van der Waals surface area (Å²) in [5.41, 5.74) is 2.06. The molecule has 0 saturated heterocycles. The number of rotatable bonds is 3. The molecule has 1 saturated carbocycles. The summed E-state index contributed by atoms with van der Waals surface area (Å²) in [7, 11) is 1.80. The summed E-state index contributed by atoms with van der Waals surface area (Å²) in [5.74, 6) is 0.712. The van der Waals surface area contributed by atoms with Crippen LogP contribution in [0, 0.1) is 5.92 Å². The summed E-state index contributed by atoms with van der Waals surface area (Å²) in [6.07, 6.45) is 0.507. The van der Waals surface area contributed by atoms with E-state index in [0.29, 0.717) is 10.5 Å². The van der Waals surface area contributed by atoms with E-state index in [4.69, 9.17) is 0 Å². The normalized spacial score (nSPS) is 23.9. The molecule has 0 radical (unpaired) electrons. The maximum atomic E-state index is 10.4. The zero-order chi connectivity index (χ0) is 12.7. The van der Waals surface area contributed by atoms with Crippen molar-refractivity contribution in [2.75, 3.05) is 0 Å². The minimum atomic E-state index is -0.510. The zero-order valence-electron chi connectivity index (χ0n) is 9.99. The highest BCUT2D eigenvalue weighted by atomic mass is 79.9. The van der Waals surface area contributed by atoms with Crippen molar-refractivity contribution in [2.24, 2.45) is 13.0 Å². The van der Waals surface area contributed by atoms with E-state index in [9.17, 15) is 5.11 Å². The van der Waals surface area contributed by atoms with Crippen molar-refractivity contribution >= 4 is 15.9 Å². The van der Waals surface area contributed by atoms with Crippen molar-refractivity contribution in [1.29, 1.82) is 0 Å². The van der Waals surface area contributed by atoms with Gasteiger partial charge in [0.15, 0.2) is 4.60 Å². The zero-order valence-corrected chi connectivity index (χ0v) is 11.6. The van der Waals surface area contributed by atoms with E-state index in [1.807, 2.05) is 18.2 Å². The third-order valence-electron chi connectivity index (χ3n) is 3.58. The van der Waals surface area contributed by atoms with Gasteiger partial charge in [-0.05, 0) is 39.8 Å². The molecule has 18 heavy (non-hydrogen) atoms. The van der Waals surface area contributed by atoms with E-state index in [1.165, 1.54) is 5.56 Å². The molecule has 4 nitrogen and oxygen atoms in total. The van der Waals surface area contributed by atoms with Gasteiger partial charge in [-0.1, -0.05) is 35.5 Å². The monoisotopic (exact) mass is 307 g/mol. The molecule has 1 heterocycles. The van der Waals surface area contributed by atoms with E-state index in [0.717, 1.165) is 12.1 Å². The van der Waals surface area contributed by atoms with Crippen LogP contribution in [0.25, 0.3) is 0 Å². The molecule has 0 spiro atoms. The van der Waals surface area contributed by atoms with Gasteiger partial charge in [0.1, 0.15) is 11.8 Å². The summed E-state index contributed by atoms with van der Waals surface area (Å²) < 4.78 is 2.27. The molecule has 3 rings (SSSR count). The van der Waals surface area contributed by atoms with Crippen molar-refractivity contribution in [3.8, 4) is 0 Å². The van der Waals surface area contributed by atoms with Crippen molar-refractivity contribution in [1.82, 2.24) is 15.0 Å². The molecular weight excluding hydrogens is 294 g/mol. The second-order valence-electron chi connectivity index (χ2n) is 4.75. The maximum absolute atomic E-state index is 10.4. The van der Waals surface area contributed by atoms with Gasteiger partial charge in [0, 0.05) is 7.05 Å². The van der Waals surface area contributed by atoms with Gasteiger partial charge in [-0.3, -0.25) is 0 Å². The van der Waals surface area contributed by atoms with Gasteiger partial charge in [-0.15, -0.1) is 5.10 Å². The number of benzene rings is 1. The van der Waals surface area contributed by atoms with Crippen molar-refractivity contribution in [3.05, 3.63) is 46.2 Å². The van der Waals surface area contributed by atoms with Crippen LogP contribution in [0.5, 0.6) is 0 Å². The second-order valence-corrected chi connectivity index (χ2v) is 5.50. The summed E-state index contributed by atoms with van der Waals surface area (Å²) >= 11 is 3.34. The molecule has 0 bridgehead atoms. The topological polar surface area (TPSA) is 50.9 Å². The second kappa shape index (κ2) is 4.48. The number of aryl methyl sites for hydroxylation is 1. The molecule has 94 valence electrons. The summed E-state index contributed by atoms with van der Waals surface area (Å²) in [5, 5.41) is 18.2. The molecule has 3 unspecified atom stereocenters. The van der Waals surface area contributed by atoms with Crippen LogP contribution >= 0.6 is 15.9 Å². The fraction of sp³-hybridized carbons (Fsp3) is 0.385. The first-order chi connectivity index (χ1) is 8.68. The highest BCUT2D eigenvalue weighted by Crippen LogP contribution is 2.54. The average Bonchev–Trinajstić information content (AvgIpc) is 3.11. The molecular formula is C13H14BrN3O. The summed E-state index contributed by atoms with van der Waals surface area (Å²) in [6.45, 7) is 0. The first-order valence-electron chi connectivity index (χ1n) is 5.96. The fourth-order valence-corrected chi connectivity index (χ4v) is 3.06. The highest BCUT2D eigenvalue weighted by Gasteiger charge is 2.45. The van der Waals surface area contributed by atoms with Crippen LogP contribution in [0.1, 0.15) is 29.7 Å². The van der Waals surface area contributed by atoms with E-state index in [2.05, 4.69) is 38.4 Å². The van der Waals surface area contributed by atoms with E-state index in [1.54, 1.807) is 11.7 Å². The Morgan fingerprint density at radius 2 is 2.11 bits per heavy atom. The van der Waals surface area contributed by atoms with Gasteiger partial charge in [-0.25, -0.2) is 4.68 Å². The molecule has 1 fully saturated rings. The number of nitrogens with zero attached hydrogens (tertiary/aromatic N) is 3. The van der Waals surface area contributed by atoms with Crippen LogP contribution < -0.4 is 0 Å². The quantitative estimate of drug-likeness (QED) is 0.947. The SMILES string of the molecule is Cn1nnc(Br)c1C(O)C1CC1c1ccccc1. The number of halogens is 1. The van der Waals surface area contributed by atoms with Gasteiger partial charge < -0.3 is 5.11 Å². The van der Waals surface area contributed by atoms with Gasteiger partial charge in [-0.2, -0.15) is 0 Å². The molecule has 1 aromatic carbocycles. The molecule has 5 heteroatoms. The van der Waals surface area contributed by atoms with Crippen LogP contribution in [0.3, 0.4) is 0 Å². The Labute approximate surface area is 114 Å². The minimum Gasteiger partial charge on any atom is -0.386 e. The molecule has 1 aliphatic rings. The van der Waals surface area contributed by atoms with Gasteiger partial charge >= 0.3 is 0 Å². The third kappa shape index (κ3) is 1.97. The molecule has 0 aliphatic heterocycles. The standard InChI is InChI=1S/C13H14BrN3O/c1-17-11(13(14)15-16-17)12(18)10-7-9(10)8-5-3-2-4-6-8/h2-6,9-10,12,18H,7H2,1H3. The van der Waals surface area contributed by atoms with Crippen molar-refractivity contribution in [2.45, 2.75) is 18.4 Å². The van der Waals surface area contributed by atoms with E-state index < -0.39 is 6.10 Å². The lowest BCUT2D eigenvalue weighted by molar-refractivity contribution is 0.141. The maximum Gasteiger partial charge on any atom is 0.154 e. The molecule has 1 aromatic heterocycles. The van der Waals surface area contributed by atoms with Crippen LogP contribution in [-0.4, -0.2) is 20.1 Å². The van der Waals surface area contributed by atoms with Crippen LogP contribution in [0.4, 0.5) is 0 Å². The fourth-order valence-electron chi connectivity index (χ4n) is 2.50. The molecule has 2 aromatic rings. The largest absolute Gasteiger partial charge is 0.386 e. The van der Waals surface area contributed by atoms with Gasteiger partial charge in [0.25, 0.3) is 0 Å². The lowest BCUT2D eigenvalue weighted by Crippen LogP contribution is -2.08. The Hall–Kier alpha value is -1.20. The first-order valence-corrected chi connectivity index (χ1v) is 6.76. The molecule has 1 aliphatic carbocycles. The number of hydrogen-bond donors (Lipinski definition) is 1. The van der Waals surface area contributed by atoms with Crippen molar-refractivity contribution < 1.29 is 5.11 Å². The van der Waals surface area contributed by atoms with E-state index >= 15 is 0 Å². The Balaban J connectivity index is 1.79. The van der Waals surface area contributed by atoms with Gasteiger partial charge in [0.2, 0.25) is 0 Å².